The van der Waals surface area contributed by atoms with Gasteiger partial charge in [0.1, 0.15) is 0 Å². The van der Waals surface area contributed by atoms with Crippen LogP contribution in [0.1, 0.15) is 48.5 Å². The molecular formula is C15H19ClO. The Balaban J connectivity index is 2.68. The van der Waals surface area contributed by atoms with E-state index in [1.54, 1.807) is 12.1 Å². The van der Waals surface area contributed by atoms with E-state index in [1.165, 1.54) is 0 Å². The standard InChI is InChI=1S/C15H19ClO/c1-4-5-6-7-11(2)15(17)13-8-9-14(16)12(3)10-13/h8-10H,2,4-7H2,1,3H3. The smallest absolute Gasteiger partial charge is 0.188 e. The summed E-state index contributed by atoms with van der Waals surface area (Å²) < 4.78 is 0. The average molecular weight is 251 g/mol. The topological polar surface area (TPSA) is 17.1 Å². The van der Waals surface area contributed by atoms with Crippen molar-refractivity contribution in [2.45, 2.75) is 39.5 Å². The highest BCUT2D eigenvalue weighted by atomic mass is 35.5. The summed E-state index contributed by atoms with van der Waals surface area (Å²) >= 11 is 5.93. The number of halogens is 1. The van der Waals surface area contributed by atoms with E-state index in [9.17, 15) is 4.79 Å². The maximum Gasteiger partial charge on any atom is 0.188 e. The number of hydrogen-bond donors (Lipinski definition) is 0. The zero-order valence-corrected chi connectivity index (χ0v) is 11.3. The van der Waals surface area contributed by atoms with Crippen LogP contribution in [0.2, 0.25) is 5.02 Å². The number of rotatable bonds is 6. The Kier molecular flexibility index (Phi) is 5.43. The third-order valence-corrected chi connectivity index (χ3v) is 3.25. The van der Waals surface area contributed by atoms with Gasteiger partial charge in [0.15, 0.2) is 5.78 Å². The summed E-state index contributed by atoms with van der Waals surface area (Å²) in [6, 6.07) is 5.36. The lowest BCUT2D eigenvalue weighted by Gasteiger charge is -2.06. The molecule has 0 saturated carbocycles. The molecular weight excluding hydrogens is 232 g/mol. The second-order valence-electron chi connectivity index (χ2n) is 4.35. The molecule has 0 N–H and O–H groups in total. The third kappa shape index (κ3) is 4.01. The van der Waals surface area contributed by atoms with Crippen LogP contribution < -0.4 is 0 Å². The normalized spacial score (nSPS) is 10.3. The van der Waals surface area contributed by atoms with Crippen LogP contribution in [-0.2, 0) is 0 Å². The largest absolute Gasteiger partial charge is 0.289 e. The summed E-state index contributed by atoms with van der Waals surface area (Å²) in [5, 5.41) is 0.693. The van der Waals surface area contributed by atoms with E-state index in [0.29, 0.717) is 16.2 Å². The minimum absolute atomic E-state index is 0.0425. The molecule has 0 fully saturated rings. The predicted molar refractivity (Wildman–Crippen MR) is 73.8 cm³/mol. The number of Topliss-reactive ketones (excluding diaryl/α,β-unsaturated/α-hetero) is 1. The minimum atomic E-state index is 0.0425. The van der Waals surface area contributed by atoms with Gasteiger partial charge in [-0.2, -0.15) is 0 Å². The lowest BCUT2D eigenvalue weighted by atomic mass is 9.99. The number of carbonyl (C=O) groups is 1. The molecule has 0 atom stereocenters. The van der Waals surface area contributed by atoms with E-state index in [-0.39, 0.29) is 5.78 Å². The van der Waals surface area contributed by atoms with Gasteiger partial charge in [-0.1, -0.05) is 37.9 Å². The van der Waals surface area contributed by atoms with Crippen molar-refractivity contribution in [2.75, 3.05) is 0 Å². The van der Waals surface area contributed by atoms with E-state index >= 15 is 0 Å². The summed E-state index contributed by atoms with van der Waals surface area (Å²) in [5.41, 5.74) is 2.31. The van der Waals surface area contributed by atoms with E-state index in [1.807, 2.05) is 13.0 Å². The van der Waals surface area contributed by atoms with Crippen molar-refractivity contribution in [1.29, 1.82) is 0 Å². The molecule has 1 nitrogen and oxygen atoms in total. The molecule has 0 heterocycles. The lowest BCUT2D eigenvalue weighted by Crippen LogP contribution is -2.03. The van der Waals surface area contributed by atoms with Gasteiger partial charge in [-0.25, -0.2) is 0 Å². The van der Waals surface area contributed by atoms with E-state index in [0.717, 1.165) is 31.2 Å². The molecule has 0 aromatic heterocycles. The Labute approximate surface area is 108 Å². The summed E-state index contributed by atoms with van der Waals surface area (Å²) in [4.78, 5) is 12.1. The quantitative estimate of drug-likeness (QED) is 0.396. The Hall–Kier alpha value is -1.08. The van der Waals surface area contributed by atoms with Crippen LogP contribution >= 0.6 is 11.6 Å². The molecule has 0 bridgehead atoms. The van der Waals surface area contributed by atoms with Crippen LogP contribution in [0.4, 0.5) is 0 Å². The van der Waals surface area contributed by atoms with Crippen molar-refractivity contribution in [3.8, 4) is 0 Å². The van der Waals surface area contributed by atoms with Gasteiger partial charge in [-0.15, -0.1) is 0 Å². The highest BCUT2D eigenvalue weighted by Gasteiger charge is 2.10. The first-order valence-corrected chi connectivity index (χ1v) is 6.42. The molecule has 0 spiro atoms. The number of allylic oxidation sites excluding steroid dienone is 1. The zero-order valence-electron chi connectivity index (χ0n) is 10.6. The number of benzene rings is 1. The molecule has 0 saturated heterocycles. The summed E-state index contributed by atoms with van der Waals surface area (Å²) in [7, 11) is 0. The van der Waals surface area contributed by atoms with Gasteiger partial charge in [0.2, 0.25) is 0 Å². The molecule has 1 rings (SSSR count). The monoisotopic (exact) mass is 250 g/mol. The van der Waals surface area contributed by atoms with Gasteiger partial charge < -0.3 is 0 Å². The van der Waals surface area contributed by atoms with Gasteiger partial charge in [-0.05, 0) is 49.1 Å². The fourth-order valence-corrected chi connectivity index (χ4v) is 1.81. The fourth-order valence-electron chi connectivity index (χ4n) is 1.69. The molecule has 1 aromatic rings. The van der Waals surface area contributed by atoms with Crippen LogP contribution in [-0.4, -0.2) is 5.78 Å². The molecule has 0 aliphatic rings. The number of hydrogen-bond acceptors (Lipinski definition) is 1. The molecule has 92 valence electrons. The van der Waals surface area contributed by atoms with Crippen LogP contribution in [0.25, 0.3) is 0 Å². The second kappa shape index (κ2) is 6.61. The third-order valence-electron chi connectivity index (χ3n) is 2.82. The van der Waals surface area contributed by atoms with E-state index in [4.69, 9.17) is 11.6 Å². The van der Waals surface area contributed by atoms with Gasteiger partial charge in [0.05, 0.1) is 0 Å². The van der Waals surface area contributed by atoms with Crippen molar-refractivity contribution in [1.82, 2.24) is 0 Å². The number of aryl methyl sites for hydroxylation is 1. The van der Waals surface area contributed by atoms with Crippen LogP contribution in [0.15, 0.2) is 30.4 Å². The SMILES string of the molecule is C=C(CCCCC)C(=O)c1ccc(Cl)c(C)c1. The molecule has 17 heavy (non-hydrogen) atoms. The first kappa shape index (κ1) is 14.0. The fraction of sp³-hybridized carbons (Fsp3) is 0.400. The lowest BCUT2D eigenvalue weighted by molar-refractivity contribution is 0.103. The first-order chi connectivity index (χ1) is 8.06. The molecule has 0 unspecified atom stereocenters. The molecule has 0 radical (unpaired) electrons. The zero-order chi connectivity index (χ0) is 12.8. The average Bonchev–Trinajstić information content (AvgIpc) is 2.32. The van der Waals surface area contributed by atoms with Crippen molar-refractivity contribution in [2.24, 2.45) is 0 Å². The molecule has 0 amide bonds. The molecule has 0 aliphatic carbocycles. The maximum atomic E-state index is 12.1. The van der Waals surface area contributed by atoms with Gasteiger partial charge in [0.25, 0.3) is 0 Å². The molecule has 2 heteroatoms. The van der Waals surface area contributed by atoms with E-state index in [2.05, 4.69) is 13.5 Å². The second-order valence-corrected chi connectivity index (χ2v) is 4.76. The minimum Gasteiger partial charge on any atom is -0.289 e. The van der Waals surface area contributed by atoms with Crippen LogP contribution in [0.5, 0.6) is 0 Å². The predicted octanol–water partition coefficient (Wildman–Crippen LogP) is 4.97. The van der Waals surface area contributed by atoms with Crippen molar-refractivity contribution in [3.05, 3.63) is 46.5 Å². The Bertz CT molecular complexity index is 421. The van der Waals surface area contributed by atoms with Gasteiger partial charge in [0, 0.05) is 10.6 Å². The Morgan fingerprint density at radius 1 is 1.35 bits per heavy atom. The number of unbranched alkanes of at least 4 members (excludes halogenated alkanes) is 2. The van der Waals surface area contributed by atoms with Gasteiger partial charge >= 0.3 is 0 Å². The molecule has 0 aliphatic heterocycles. The summed E-state index contributed by atoms with van der Waals surface area (Å²) in [6.45, 7) is 7.92. The van der Waals surface area contributed by atoms with Crippen molar-refractivity contribution >= 4 is 17.4 Å². The van der Waals surface area contributed by atoms with Crippen LogP contribution in [0, 0.1) is 6.92 Å². The summed E-state index contributed by atoms with van der Waals surface area (Å²) in [5.74, 6) is 0.0425. The Morgan fingerprint density at radius 3 is 2.65 bits per heavy atom. The maximum absolute atomic E-state index is 12.1. The molecule has 1 aromatic carbocycles. The summed E-state index contributed by atoms with van der Waals surface area (Å²) in [6.07, 6.45) is 4.12. The van der Waals surface area contributed by atoms with Crippen molar-refractivity contribution < 1.29 is 4.79 Å². The Morgan fingerprint density at radius 2 is 2.06 bits per heavy atom. The first-order valence-electron chi connectivity index (χ1n) is 6.05. The number of ketones is 1. The van der Waals surface area contributed by atoms with Crippen molar-refractivity contribution in [3.63, 3.8) is 0 Å². The number of carbonyl (C=O) groups excluding carboxylic acids is 1. The van der Waals surface area contributed by atoms with Crippen LogP contribution in [0.3, 0.4) is 0 Å². The van der Waals surface area contributed by atoms with E-state index < -0.39 is 0 Å². The van der Waals surface area contributed by atoms with Gasteiger partial charge in [-0.3, -0.25) is 4.79 Å². The highest BCUT2D eigenvalue weighted by Crippen LogP contribution is 2.19. The highest BCUT2D eigenvalue weighted by molar-refractivity contribution is 6.31.